The first-order valence-corrected chi connectivity index (χ1v) is 5.63. The number of ether oxygens (including phenoxy) is 1. The molecular formula is C14H13ClO2. The fraction of sp³-hybridized carbons (Fsp3) is 0.143. The highest BCUT2D eigenvalue weighted by molar-refractivity contribution is 6.33. The molecular weight excluding hydrogens is 236 g/mol. The van der Waals surface area contributed by atoms with Gasteiger partial charge in [-0.15, -0.1) is 0 Å². The van der Waals surface area contributed by atoms with Crippen LogP contribution < -0.4 is 4.74 Å². The average molecular weight is 249 g/mol. The van der Waals surface area contributed by atoms with Gasteiger partial charge in [0.2, 0.25) is 0 Å². The molecule has 0 saturated heterocycles. The van der Waals surface area contributed by atoms with Crippen molar-refractivity contribution in [3.63, 3.8) is 0 Å². The Labute approximate surface area is 105 Å². The average Bonchev–Trinajstić information content (AvgIpc) is 2.33. The molecule has 0 aliphatic rings. The number of aryl methyl sites for hydroxylation is 1. The van der Waals surface area contributed by atoms with E-state index in [1.165, 1.54) is 0 Å². The third-order valence-electron chi connectivity index (χ3n) is 2.69. The van der Waals surface area contributed by atoms with Gasteiger partial charge in [-0.25, -0.2) is 0 Å². The zero-order chi connectivity index (χ0) is 12.4. The van der Waals surface area contributed by atoms with Gasteiger partial charge in [-0.3, -0.25) is 0 Å². The summed E-state index contributed by atoms with van der Waals surface area (Å²) < 4.78 is 5.16. The van der Waals surface area contributed by atoms with Crippen molar-refractivity contribution < 1.29 is 9.84 Å². The lowest BCUT2D eigenvalue weighted by molar-refractivity contribution is 0.415. The van der Waals surface area contributed by atoms with Gasteiger partial charge >= 0.3 is 0 Å². The Morgan fingerprint density at radius 3 is 2.53 bits per heavy atom. The highest BCUT2D eigenvalue weighted by atomic mass is 35.5. The molecule has 0 aromatic heterocycles. The van der Waals surface area contributed by atoms with E-state index in [2.05, 4.69) is 0 Å². The Hall–Kier alpha value is -1.67. The molecule has 2 aromatic rings. The van der Waals surface area contributed by atoms with E-state index in [4.69, 9.17) is 16.3 Å². The maximum atomic E-state index is 9.70. The monoisotopic (exact) mass is 248 g/mol. The number of methoxy groups -OCH3 is 1. The smallest absolute Gasteiger partial charge is 0.119 e. The van der Waals surface area contributed by atoms with E-state index in [1.807, 2.05) is 25.1 Å². The quantitative estimate of drug-likeness (QED) is 0.870. The van der Waals surface area contributed by atoms with Gasteiger partial charge in [-0.05, 0) is 42.3 Å². The molecule has 2 rings (SSSR count). The zero-order valence-electron chi connectivity index (χ0n) is 9.70. The van der Waals surface area contributed by atoms with Crippen LogP contribution in [0.25, 0.3) is 11.1 Å². The summed E-state index contributed by atoms with van der Waals surface area (Å²) in [5.41, 5.74) is 2.56. The molecule has 0 atom stereocenters. The third-order valence-corrected chi connectivity index (χ3v) is 3.02. The Kier molecular flexibility index (Phi) is 3.25. The van der Waals surface area contributed by atoms with Gasteiger partial charge in [0.05, 0.1) is 7.11 Å². The number of rotatable bonds is 2. The Bertz CT molecular complexity index is 550. The van der Waals surface area contributed by atoms with Crippen molar-refractivity contribution in [2.45, 2.75) is 6.92 Å². The summed E-state index contributed by atoms with van der Waals surface area (Å²) in [7, 11) is 1.61. The van der Waals surface area contributed by atoms with Gasteiger partial charge in [-0.2, -0.15) is 0 Å². The summed E-state index contributed by atoms with van der Waals surface area (Å²) in [6.07, 6.45) is 0. The highest BCUT2D eigenvalue weighted by Gasteiger charge is 2.07. The Morgan fingerprint density at radius 1 is 1.12 bits per heavy atom. The van der Waals surface area contributed by atoms with Crippen molar-refractivity contribution in [1.82, 2.24) is 0 Å². The second-order valence-electron chi connectivity index (χ2n) is 3.85. The van der Waals surface area contributed by atoms with Crippen LogP contribution in [0.15, 0.2) is 36.4 Å². The molecule has 1 N–H and O–H groups in total. The molecule has 2 aromatic carbocycles. The van der Waals surface area contributed by atoms with Crippen molar-refractivity contribution in [2.24, 2.45) is 0 Å². The van der Waals surface area contributed by atoms with Crippen LogP contribution in [0.3, 0.4) is 0 Å². The van der Waals surface area contributed by atoms with E-state index in [0.717, 1.165) is 22.4 Å². The number of phenols is 1. The second-order valence-corrected chi connectivity index (χ2v) is 4.25. The first-order valence-electron chi connectivity index (χ1n) is 5.25. The lowest BCUT2D eigenvalue weighted by Gasteiger charge is -2.08. The van der Waals surface area contributed by atoms with Crippen LogP contribution in [0.2, 0.25) is 5.02 Å². The van der Waals surface area contributed by atoms with Crippen LogP contribution in [-0.4, -0.2) is 12.2 Å². The highest BCUT2D eigenvalue weighted by Crippen LogP contribution is 2.33. The van der Waals surface area contributed by atoms with Crippen molar-refractivity contribution in [3.8, 4) is 22.6 Å². The van der Waals surface area contributed by atoms with Gasteiger partial charge in [0.25, 0.3) is 0 Å². The minimum absolute atomic E-state index is 0.265. The van der Waals surface area contributed by atoms with Crippen molar-refractivity contribution in [2.75, 3.05) is 7.11 Å². The molecule has 0 saturated carbocycles. The van der Waals surface area contributed by atoms with E-state index < -0.39 is 0 Å². The minimum atomic E-state index is 0.265. The first-order chi connectivity index (χ1) is 8.11. The van der Waals surface area contributed by atoms with Crippen LogP contribution in [0.5, 0.6) is 11.5 Å². The van der Waals surface area contributed by atoms with E-state index in [1.54, 1.807) is 25.3 Å². The summed E-state index contributed by atoms with van der Waals surface area (Å²) in [6.45, 7) is 1.85. The molecule has 0 spiro atoms. The molecule has 0 aliphatic heterocycles. The van der Waals surface area contributed by atoms with Gasteiger partial charge in [-0.1, -0.05) is 23.7 Å². The molecule has 17 heavy (non-hydrogen) atoms. The van der Waals surface area contributed by atoms with Crippen LogP contribution in [-0.2, 0) is 0 Å². The molecule has 0 bridgehead atoms. The fourth-order valence-corrected chi connectivity index (χ4v) is 1.86. The minimum Gasteiger partial charge on any atom is -0.508 e. The maximum Gasteiger partial charge on any atom is 0.119 e. The predicted octanol–water partition coefficient (Wildman–Crippen LogP) is 4.03. The summed E-state index contributed by atoms with van der Waals surface area (Å²) in [5.74, 6) is 1.01. The number of halogens is 1. The molecule has 0 unspecified atom stereocenters. The van der Waals surface area contributed by atoms with Crippen LogP contribution >= 0.6 is 11.6 Å². The van der Waals surface area contributed by atoms with Crippen molar-refractivity contribution in [3.05, 3.63) is 47.0 Å². The molecule has 3 heteroatoms. The van der Waals surface area contributed by atoms with Gasteiger partial charge < -0.3 is 9.84 Å². The van der Waals surface area contributed by atoms with Gasteiger partial charge in [0, 0.05) is 10.6 Å². The van der Waals surface area contributed by atoms with Crippen molar-refractivity contribution in [1.29, 1.82) is 0 Å². The summed E-state index contributed by atoms with van der Waals surface area (Å²) in [4.78, 5) is 0. The molecule has 0 radical (unpaired) electrons. The SMILES string of the molecule is COc1ccc(Cl)c(-c2ccc(C)c(O)c2)c1. The second kappa shape index (κ2) is 4.68. The van der Waals surface area contributed by atoms with Crippen LogP contribution in [0.4, 0.5) is 0 Å². The number of phenolic OH excluding ortho intramolecular Hbond substituents is 1. The van der Waals surface area contributed by atoms with E-state index in [-0.39, 0.29) is 5.75 Å². The van der Waals surface area contributed by atoms with E-state index >= 15 is 0 Å². The van der Waals surface area contributed by atoms with E-state index in [0.29, 0.717) is 5.02 Å². The first kappa shape index (κ1) is 11.8. The normalized spacial score (nSPS) is 10.3. The Balaban J connectivity index is 2.55. The maximum absolute atomic E-state index is 9.70. The van der Waals surface area contributed by atoms with E-state index in [9.17, 15) is 5.11 Å². The number of benzene rings is 2. The van der Waals surface area contributed by atoms with Crippen LogP contribution in [0, 0.1) is 6.92 Å². The summed E-state index contributed by atoms with van der Waals surface area (Å²) in [5, 5.41) is 10.3. The number of hydrogen-bond donors (Lipinski definition) is 1. The molecule has 0 aliphatic carbocycles. The lowest BCUT2D eigenvalue weighted by atomic mass is 10.0. The predicted molar refractivity (Wildman–Crippen MR) is 69.8 cm³/mol. The van der Waals surface area contributed by atoms with Crippen LogP contribution in [0.1, 0.15) is 5.56 Å². The fourth-order valence-electron chi connectivity index (χ4n) is 1.63. The van der Waals surface area contributed by atoms with Gasteiger partial charge in [0.15, 0.2) is 0 Å². The number of aromatic hydroxyl groups is 1. The zero-order valence-corrected chi connectivity index (χ0v) is 10.5. The number of hydrogen-bond acceptors (Lipinski definition) is 2. The molecule has 88 valence electrons. The van der Waals surface area contributed by atoms with Crippen molar-refractivity contribution >= 4 is 11.6 Å². The molecule has 2 nitrogen and oxygen atoms in total. The Morgan fingerprint density at radius 2 is 1.88 bits per heavy atom. The summed E-state index contributed by atoms with van der Waals surface area (Å²) in [6, 6.07) is 10.9. The molecule has 0 amide bonds. The standard InChI is InChI=1S/C14H13ClO2/c1-9-3-4-10(7-14(9)16)12-8-11(17-2)5-6-13(12)15/h3-8,16H,1-2H3. The molecule has 0 fully saturated rings. The molecule has 0 heterocycles. The topological polar surface area (TPSA) is 29.5 Å². The largest absolute Gasteiger partial charge is 0.508 e. The lowest BCUT2D eigenvalue weighted by Crippen LogP contribution is -1.86. The summed E-state index contributed by atoms with van der Waals surface area (Å²) >= 11 is 6.14. The van der Waals surface area contributed by atoms with Gasteiger partial charge in [0.1, 0.15) is 11.5 Å². The third kappa shape index (κ3) is 2.37.